The van der Waals surface area contributed by atoms with Gasteiger partial charge in [0, 0.05) is 11.6 Å². The van der Waals surface area contributed by atoms with Crippen molar-refractivity contribution < 1.29 is 27.9 Å². The smallest absolute Gasteiger partial charge is 0.335 e. The van der Waals surface area contributed by atoms with Crippen LogP contribution in [0.15, 0.2) is 99.2 Å². The van der Waals surface area contributed by atoms with E-state index in [0.717, 1.165) is 11.8 Å². The van der Waals surface area contributed by atoms with Gasteiger partial charge in [-0.1, -0.05) is 12.1 Å². The van der Waals surface area contributed by atoms with E-state index in [0.29, 0.717) is 38.5 Å². The zero-order valence-corrected chi connectivity index (χ0v) is 19.2. The average molecular weight is 502 g/mol. The van der Waals surface area contributed by atoms with Crippen LogP contribution in [0.4, 0.5) is 20.2 Å². The molecular weight excluding hydrogens is 486 g/mol. The number of carbonyl (C=O) groups is 2. The van der Waals surface area contributed by atoms with Gasteiger partial charge in [-0.25, -0.2) is 18.6 Å². The Morgan fingerprint density at radius 2 is 1.64 bits per heavy atom. The second kappa shape index (κ2) is 9.63. The predicted octanol–water partition coefficient (Wildman–Crippen LogP) is 6.73. The molecule has 1 aromatic heterocycles. The number of anilines is 1. The molecular formula is C27H16F2N2O4S. The summed E-state index contributed by atoms with van der Waals surface area (Å²) in [5.41, 5.74) is 1.57. The lowest BCUT2D eigenvalue weighted by Crippen LogP contribution is -2.28. The van der Waals surface area contributed by atoms with E-state index in [2.05, 4.69) is 4.99 Å². The Morgan fingerprint density at radius 3 is 2.33 bits per heavy atom. The van der Waals surface area contributed by atoms with E-state index in [9.17, 15) is 23.5 Å². The van der Waals surface area contributed by atoms with Crippen LogP contribution in [0.3, 0.4) is 0 Å². The summed E-state index contributed by atoms with van der Waals surface area (Å²) in [6.07, 6.45) is 1.56. The summed E-state index contributed by atoms with van der Waals surface area (Å²) in [6, 6.07) is 20.6. The van der Waals surface area contributed by atoms with Crippen LogP contribution in [0.5, 0.6) is 0 Å². The number of furan rings is 1. The number of carboxylic acid groups (broad SMARTS) is 1. The van der Waals surface area contributed by atoms with E-state index in [4.69, 9.17) is 4.42 Å². The number of amides is 1. The van der Waals surface area contributed by atoms with Crippen molar-refractivity contribution in [2.24, 2.45) is 4.99 Å². The van der Waals surface area contributed by atoms with E-state index in [1.807, 2.05) is 0 Å². The summed E-state index contributed by atoms with van der Waals surface area (Å²) >= 11 is 1.09. The van der Waals surface area contributed by atoms with Crippen LogP contribution in [-0.4, -0.2) is 22.2 Å². The number of amidine groups is 1. The van der Waals surface area contributed by atoms with Gasteiger partial charge in [-0.3, -0.25) is 9.69 Å². The fourth-order valence-electron chi connectivity index (χ4n) is 3.51. The molecule has 0 radical (unpaired) electrons. The van der Waals surface area contributed by atoms with Crippen LogP contribution in [0.2, 0.25) is 0 Å². The monoisotopic (exact) mass is 502 g/mol. The third-order valence-electron chi connectivity index (χ3n) is 5.24. The molecule has 178 valence electrons. The molecule has 0 atom stereocenters. The van der Waals surface area contributed by atoms with Crippen LogP contribution >= 0.6 is 11.8 Å². The summed E-state index contributed by atoms with van der Waals surface area (Å²) in [5, 5.41) is 9.53. The molecule has 1 amide bonds. The van der Waals surface area contributed by atoms with Crippen molar-refractivity contribution in [1.29, 1.82) is 0 Å². The van der Waals surface area contributed by atoms with Crippen LogP contribution in [0, 0.1) is 11.6 Å². The lowest BCUT2D eigenvalue weighted by molar-refractivity contribution is -0.113. The summed E-state index contributed by atoms with van der Waals surface area (Å²) in [5.74, 6) is -1.47. The van der Waals surface area contributed by atoms with E-state index in [1.165, 1.54) is 65.6 Å². The quantitative estimate of drug-likeness (QED) is 0.306. The number of benzene rings is 3. The molecule has 0 aliphatic carbocycles. The second-order valence-electron chi connectivity index (χ2n) is 7.69. The Kier molecular flexibility index (Phi) is 6.22. The molecule has 1 saturated heterocycles. The van der Waals surface area contributed by atoms with Crippen LogP contribution < -0.4 is 4.90 Å². The number of hydrogen-bond donors (Lipinski definition) is 1. The van der Waals surface area contributed by atoms with Gasteiger partial charge in [0.15, 0.2) is 5.17 Å². The molecule has 6 nitrogen and oxygen atoms in total. The second-order valence-corrected chi connectivity index (χ2v) is 8.70. The van der Waals surface area contributed by atoms with Crippen LogP contribution in [0.1, 0.15) is 16.1 Å². The fraction of sp³-hybridized carbons (Fsp3) is 0. The molecule has 1 N–H and O–H groups in total. The Hall–Kier alpha value is -4.50. The van der Waals surface area contributed by atoms with Gasteiger partial charge in [-0.15, -0.1) is 0 Å². The summed E-state index contributed by atoms with van der Waals surface area (Å²) in [7, 11) is 0. The number of aliphatic imine (C=N–C) groups is 1. The van der Waals surface area contributed by atoms with Crippen molar-refractivity contribution in [3.8, 4) is 11.3 Å². The molecule has 1 fully saturated rings. The molecule has 1 aliphatic rings. The lowest BCUT2D eigenvalue weighted by atomic mass is 10.1. The molecule has 0 unspecified atom stereocenters. The molecule has 2 heterocycles. The fourth-order valence-corrected chi connectivity index (χ4v) is 4.49. The van der Waals surface area contributed by atoms with Gasteiger partial charge in [0.05, 0.1) is 21.8 Å². The maximum Gasteiger partial charge on any atom is 0.335 e. The van der Waals surface area contributed by atoms with Crippen molar-refractivity contribution >= 4 is 46.3 Å². The topological polar surface area (TPSA) is 83.1 Å². The number of thioether (sulfide) groups is 1. The Labute approximate surface area is 208 Å². The number of halogens is 2. The lowest BCUT2D eigenvalue weighted by Gasteiger charge is -2.15. The zero-order valence-electron chi connectivity index (χ0n) is 18.4. The zero-order chi connectivity index (χ0) is 25.2. The minimum absolute atomic E-state index is 0.127. The third-order valence-corrected chi connectivity index (χ3v) is 6.21. The number of nitrogens with zero attached hydrogens (tertiary/aromatic N) is 2. The minimum atomic E-state index is -1.05. The minimum Gasteiger partial charge on any atom is -0.478 e. The van der Waals surface area contributed by atoms with Crippen LogP contribution in [-0.2, 0) is 4.79 Å². The van der Waals surface area contributed by atoms with Gasteiger partial charge >= 0.3 is 5.97 Å². The SMILES string of the molecule is O=C(O)c1cccc(-c2ccc(/C=C3\SC(=Nc4ccc(F)cc4)N(c4ccc(F)cc4)C3=O)o2)c1. The van der Waals surface area contributed by atoms with E-state index in [1.54, 1.807) is 30.3 Å². The molecule has 0 saturated carbocycles. The molecule has 1 aliphatic heterocycles. The maximum atomic E-state index is 13.5. The van der Waals surface area contributed by atoms with Crippen molar-refractivity contribution in [2.75, 3.05) is 4.90 Å². The molecule has 0 spiro atoms. The number of aromatic carboxylic acids is 1. The van der Waals surface area contributed by atoms with Gasteiger partial charge in [-0.2, -0.15) is 0 Å². The standard InChI is InChI=1S/C27H16F2N2O4S/c28-18-4-8-20(9-5-18)30-27-31(21-10-6-19(29)7-11-21)25(32)24(36-27)15-22-12-13-23(35-22)16-2-1-3-17(14-16)26(33)34/h1-15H,(H,33,34)/b24-15-,30-27?. The first-order valence-electron chi connectivity index (χ1n) is 10.6. The molecule has 5 rings (SSSR count). The molecule has 4 aromatic rings. The highest BCUT2D eigenvalue weighted by molar-refractivity contribution is 8.19. The number of hydrogen-bond acceptors (Lipinski definition) is 5. The highest BCUT2D eigenvalue weighted by atomic mass is 32.2. The first kappa shape index (κ1) is 23.3. The molecule has 3 aromatic carbocycles. The molecule has 36 heavy (non-hydrogen) atoms. The highest BCUT2D eigenvalue weighted by Gasteiger charge is 2.35. The Morgan fingerprint density at radius 1 is 0.944 bits per heavy atom. The van der Waals surface area contributed by atoms with Gasteiger partial charge in [-0.05, 0) is 84.6 Å². The Balaban J connectivity index is 1.50. The Bertz CT molecular complexity index is 1530. The van der Waals surface area contributed by atoms with E-state index < -0.39 is 23.5 Å². The molecule has 9 heteroatoms. The van der Waals surface area contributed by atoms with Gasteiger partial charge in [0.25, 0.3) is 5.91 Å². The van der Waals surface area contributed by atoms with E-state index >= 15 is 0 Å². The average Bonchev–Trinajstić information content (AvgIpc) is 3.46. The predicted molar refractivity (Wildman–Crippen MR) is 134 cm³/mol. The number of carboxylic acids is 1. The summed E-state index contributed by atoms with van der Waals surface area (Å²) < 4.78 is 32.7. The van der Waals surface area contributed by atoms with Crippen molar-refractivity contribution in [1.82, 2.24) is 0 Å². The highest BCUT2D eigenvalue weighted by Crippen LogP contribution is 2.38. The summed E-state index contributed by atoms with van der Waals surface area (Å²) in [4.78, 5) is 30.8. The maximum absolute atomic E-state index is 13.5. The van der Waals surface area contributed by atoms with Gasteiger partial charge in [0.2, 0.25) is 0 Å². The van der Waals surface area contributed by atoms with Crippen molar-refractivity contribution in [3.63, 3.8) is 0 Å². The van der Waals surface area contributed by atoms with Gasteiger partial charge in [0.1, 0.15) is 23.2 Å². The third kappa shape index (κ3) is 4.82. The van der Waals surface area contributed by atoms with Gasteiger partial charge < -0.3 is 9.52 Å². The first-order valence-corrected chi connectivity index (χ1v) is 11.5. The first-order chi connectivity index (χ1) is 17.4. The normalized spacial score (nSPS) is 15.7. The number of carbonyl (C=O) groups excluding carboxylic acids is 1. The largest absolute Gasteiger partial charge is 0.478 e. The van der Waals surface area contributed by atoms with Crippen LogP contribution in [0.25, 0.3) is 17.4 Å². The number of rotatable bonds is 5. The van der Waals surface area contributed by atoms with E-state index in [-0.39, 0.29) is 5.56 Å². The van der Waals surface area contributed by atoms with Crippen molar-refractivity contribution in [2.45, 2.75) is 0 Å². The molecule has 0 bridgehead atoms. The van der Waals surface area contributed by atoms with Crippen molar-refractivity contribution in [3.05, 3.63) is 113 Å². The summed E-state index contributed by atoms with van der Waals surface area (Å²) in [6.45, 7) is 0.